The van der Waals surface area contributed by atoms with Gasteiger partial charge in [-0.1, -0.05) is 12.5 Å². The number of allylic oxidation sites excluding steroid dienone is 1. The van der Waals surface area contributed by atoms with Crippen LogP contribution in [-0.2, 0) is 14.3 Å². The molecule has 1 rings (SSSR count). The van der Waals surface area contributed by atoms with Crippen molar-refractivity contribution in [2.75, 3.05) is 13.7 Å². The Bertz CT molecular complexity index is 242. The molecule has 0 unspecified atom stereocenters. The molecule has 3 heteroatoms. The van der Waals surface area contributed by atoms with E-state index in [0.717, 1.165) is 45.1 Å². The highest BCUT2D eigenvalue weighted by Crippen LogP contribution is 2.27. The SMILES string of the molecule is C=CCCCCCOC1CCC(C(=O)OC)CC1. The first kappa shape index (κ1) is 15.2. The molecule has 0 radical (unpaired) electrons. The van der Waals surface area contributed by atoms with Gasteiger partial charge in [0.2, 0.25) is 0 Å². The molecule has 0 spiro atoms. The fraction of sp³-hybridized carbons (Fsp3) is 0.800. The minimum atomic E-state index is -0.0575. The Morgan fingerprint density at radius 3 is 2.56 bits per heavy atom. The first-order chi connectivity index (χ1) is 8.77. The first-order valence-electron chi connectivity index (χ1n) is 7.08. The van der Waals surface area contributed by atoms with E-state index >= 15 is 0 Å². The molecule has 1 saturated carbocycles. The van der Waals surface area contributed by atoms with Crippen LogP contribution in [0.4, 0.5) is 0 Å². The number of unbranched alkanes of at least 4 members (excludes halogenated alkanes) is 3. The van der Waals surface area contributed by atoms with E-state index in [0.29, 0.717) is 6.10 Å². The average Bonchev–Trinajstić information content (AvgIpc) is 2.42. The Labute approximate surface area is 111 Å². The Morgan fingerprint density at radius 2 is 1.94 bits per heavy atom. The largest absolute Gasteiger partial charge is 0.469 e. The summed E-state index contributed by atoms with van der Waals surface area (Å²) in [5.41, 5.74) is 0. The normalized spacial score (nSPS) is 23.6. The monoisotopic (exact) mass is 254 g/mol. The molecule has 1 aliphatic rings. The molecule has 0 aromatic rings. The third-order valence-corrected chi connectivity index (χ3v) is 3.61. The van der Waals surface area contributed by atoms with Crippen molar-refractivity contribution in [2.45, 2.75) is 57.5 Å². The second-order valence-electron chi connectivity index (χ2n) is 5.01. The number of carbonyl (C=O) groups is 1. The summed E-state index contributed by atoms with van der Waals surface area (Å²) in [6.07, 6.45) is 10.8. The van der Waals surface area contributed by atoms with Gasteiger partial charge in [-0.05, 0) is 44.9 Å². The molecule has 0 atom stereocenters. The zero-order valence-electron chi connectivity index (χ0n) is 11.5. The zero-order chi connectivity index (χ0) is 13.2. The summed E-state index contributed by atoms with van der Waals surface area (Å²) in [7, 11) is 1.47. The minimum Gasteiger partial charge on any atom is -0.469 e. The van der Waals surface area contributed by atoms with Crippen LogP contribution in [0.25, 0.3) is 0 Å². The van der Waals surface area contributed by atoms with E-state index in [1.165, 1.54) is 20.0 Å². The molecule has 104 valence electrons. The van der Waals surface area contributed by atoms with E-state index in [-0.39, 0.29) is 11.9 Å². The van der Waals surface area contributed by atoms with Gasteiger partial charge in [0.05, 0.1) is 19.1 Å². The van der Waals surface area contributed by atoms with E-state index in [9.17, 15) is 4.79 Å². The van der Waals surface area contributed by atoms with E-state index in [4.69, 9.17) is 9.47 Å². The highest BCUT2D eigenvalue weighted by atomic mass is 16.5. The van der Waals surface area contributed by atoms with E-state index in [1.54, 1.807) is 0 Å². The molecule has 0 bridgehead atoms. The van der Waals surface area contributed by atoms with E-state index in [1.807, 2.05) is 6.08 Å². The van der Waals surface area contributed by atoms with Crippen LogP contribution in [-0.4, -0.2) is 25.8 Å². The maximum atomic E-state index is 11.4. The molecule has 0 amide bonds. The Kier molecular flexibility index (Phi) is 7.74. The fourth-order valence-corrected chi connectivity index (χ4v) is 2.45. The van der Waals surface area contributed by atoms with Gasteiger partial charge in [-0.3, -0.25) is 4.79 Å². The van der Waals surface area contributed by atoms with Crippen molar-refractivity contribution in [3.05, 3.63) is 12.7 Å². The molecule has 1 fully saturated rings. The summed E-state index contributed by atoms with van der Waals surface area (Å²) in [6.45, 7) is 4.56. The number of hydrogen-bond acceptors (Lipinski definition) is 3. The standard InChI is InChI=1S/C15H26O3/c1-3-4-5-6-7-12-18-14-10-8-13(9-11-14)15(16)17-2/h3,13-14H,1,4-12H2,2H3. The Hall–Kier alpha value is -0.830. The predicted molar refractivity (Wildman–Crippen MR) is 72.4 cm³/mol. The van der Waals surface area contributed by atoms with Gasteiger partial charge in [-0.25, -0.2) is 0 Å². The number of esters is 1. The van der Waals surface area contributed by atoms with Crippen molar-refractivity contribution in [3.63, 3.8) is 0 Å². The molecule has 0 saturated heterocycles. The minimum absolute atomic E-state index is 0.0575. The number of rotatable bonds is 8. The quantitative estimate of drug-likeness (QED) is 0.378. The lowest BCUT2D eigenvalue weighted by Crippen LogP contribution is -2.27. The van der Waals surface area contributed by atoms with Crippen LogP contribution in [0.3, 0.4) is 0 Å². The molecule has 18 heavy (non-hydrogen) atoms. The highest BCUT2D eigenvalue weighted by Gasteiger charge is 2.26. The van der Waals surface area contributed by atoms with Gasteiger partial charge >= 0.3 is 5.97 Å². The second-order valence-corrected chi connectivity index (χ2v) is 5.01. The zero-order valence-corrected chi connectivity index (χ0v) is 11.5. The lowest BCUT2D eigenvalue weighted by Gasteiger charge is -2.26. The van der Waals surface area contributed by atoms with Crippen LogP contribution in [0, 0.1) is 5.92 Å². The van der Waals surface area contributed by atoms with Crippen molar-refractivity contribution in [2.24, 2.45) is 5.92 Å². The summed E-state index contributed by atoms with van der Waals surface area (Å²) in [5.74, 6) is 0.0420. The Morgan fingerprint density at radius 1 is 1.22 bits per heavy atom. The molecular weight excluding hydrogens is 228 g/mol. The molecule has 0 aliphatic heterocycles. The van der Waals surface area contributed by atoms with Crippen LogP contribution < -0.4 is 0 Å². The topological polar surface area (TPSA) is 35.5 Å². The fourth-order valence-electron chi connectivity index (χ4n) is 2.45. The summed E-state index contributed by atoms with van der Waals surface area (Å²) in [6, 6.07) is 0. The summed E-state index contributed by atoms with van der Waals surface area (Å²) in [5, 5.41) is 0. The van der Waals surface area contributed by atoms with Crippen LogP contribution in [0.1, 0.15) is 51.4 Å². The van der Waals surface area contributed by atoms with E-state index < -0.39 is 0 Å². The van der Waals surface area contributed by atoms with Crippen molar-refractivity contribution in [1.29, 1.82) is 0 Å². The number of ether oxygens (including phenoxy) is 2. The van der Waals surface area contributed by atoms with Gasteiger partial charge in [0.1, 0.15) is 0 Å². The molecule has 3 nitrogen and oxygen atoms in total. The number of carbonyl (C=O) groups excluding carboxylic acids is 1. The van der Waals surface area contributed by atoms with Gasteiger partial charge in [0, 0.05) is 6.61 Å². The first-order valence-corrected chi connectivity index (χ1v) is 7.08. The van der Waals surface area contributed by atoms with Gasteiger partial charge in [-0.15, -0.1) is 6.58 Å². The van der Waals surface area contributed by atoms with E-state index in [2.05, 4.69) is 6.58 Å². The summed E-state index contributed by atoms with van der Waals surface area (Å²) in [4.78, 5) is 11.4. The number of methoxy groups -OCH3 is 1. The van der Waals surface area contributed by atoms with Crippen molar-refractivity contribution < 1.29 is 14.3 Å². The third-order valence-electron chi connectivity index (χ3n) is 3.61. The van der Waals surface area contributed by atoms with Gasteiger partial charge < -0.3 is 9.47 Å². The lowest BCUT2D eigenvalue weighted by atomic mass is 9.87. The Balaban J connectivity index is 2.02. The van der Waals surface area contributed by atoms with Gasteiger partial charge in [-0.2, -0.15) is 0 Å². The van der Waals surface area contributed by atoms with Gasteiger partial charge in [0.25, 0.3) is 0 Å². The molecule has 0 aromatic heterocycles. The maximum absolute atomic E-state index is 11.4. The van der Waals surface area contributed by atoms with Crippen LogP contribution in [0.15, 0.2) is 12.7 Å². The predicted octanol–water partition coefficient (Wildman–Crippen LogP) is 3.48. The van der Waals surface area contributed by atoms with Crippen LogP contribution >= 0.6 is 0 Å². The smallest absolute Gasteiger partial charge is 0.308 e. The molecule has 0 heterocycles. The average molecular weight is 254 g/mol. The van der Waals surface area contributed by atoms with Crippen molar-refractivity contribution in [3.8, 4) is 0 Å². The van der Waals surface area contributed by atoms with Crippen LogP contribution in [0.5, 0.6) is 0 Å². The van der Waals surface area contributed by atoms with Gasteiger partial charge in [0.15, 0.2) is 0 Å². The molecule has 1 aliphatic carbocycles. The summed E-state index contributed by atoms with van der Waals surface area (Å²) >= 11 is 0. The molecule has 0 aromatic carbocycles. The maximum Gasteiger partial charge on any atom is 0.308 e. The molecule has 0 N–H and O–H groups in total. The number of hydrogen-bond donors (Lipinski definition) is 0. The highest BCUT2D eigenvalue weighted by molar-refractivity contribution is 5.72. The van der Waals surface area contributed by atoms with Crippen LogP contribution in [0.2, 0.25) is 0 Å². The lowest BCUT2D eigenvalue weighted by molar-refractivity contribution is -0.147. The second kappa shape index (κ2) is 9.15. The summed E-state index contributed by atoms with van der Waals surface area (Å²) < 4.78 is 10.6. The van der Waals surface area contributed by atoms with Crippen molar-refractivity contribution in [1.82, 2.24) is 0 Å². The molecular formula is C15H26O3. The third kappa shape index (κ3) is 5.67. The van der Waals surface area contributed by atoms with Crippen molar-refractivity contribution >= 4 is 5.97 Å².